The van der Waals surface area contributed by atoms with Crippen LogP contribution in [0.2, 0.25) is 0 Å². The van der Waals surface area contributed by atoms with Gasteiger partial charge in [0.2, 0.25) is 0 Å². The van der Waals surface area contributed by atoms with Crippen LogP contribution in [0.3, 0.4) is 0 Å². The molecular weight excluding hydrogens is 224 g/mol. The van der Waals surface area contributed by atoms with E-state index >= 15 is 0 Å². The zero-order chi connectivity index (χ0) is 13.0. The maximum atomic E-state index is 4.39. The molecule has 2 heterocycles. The number of rotatable bonds is 5. The molecule has 18 heavy (non-hydrogen) atoms. The van der Waals surface area contributed by atoms with Gasteiger partial charge >= 0.3 is 0 Å². The molecule has 0 saturated carbocycles. The lowest BCUT2D eigenvalue weighted by Gasteiger charge is -2.20. The molecule has 4 heteroatoms. The average molecular weight is 244 g/mol. The molecule has 0 spiro atoms. The largest absolute Gasteiger partial charge is 0.308 e. The molecule has 2 rings (SSSR count). The fourth-order valence-corrected chi connectivity index (χ4v) is 2.26. The first-order chi connectivity index (χ1) is 8.77. The van der Waals surface area contributed by atoms with Crippen LogP contribution in [0.15, 0.2) is 30.7 Å². The summed E-state index contributed by atoms with van der Waals surface area (Å²) in [6.45, 7) is 5.20. The van der Waals surface area contributed by atoms with Crippen LogP contribution >= 0.6 is 0 Å². The molecule has 0 aliphatic rings. The Balaban J connectivity index is 2.39. The summed E-state index contributed by atoms with van der Waals surface area (Å²) in [7, 11) is 1.98. The van der Waals surface area contributed by atoms with Crippen LogP contribution < -0.4 is 5.32 Å². The van der Waals surface area contributed by atoms with E-state index < -0.39 is 0 Å². The number of pyridine rings is 1. The Morgan fingerprint density at radius 2 is 2.17 bits per heavy atom. The Hall–Kier alpha value is -1.68. The summed E-state index contributed by atoms with van der Waals surface area (Å²) < 4.78 is 2.07. The lowest BCUT2D eigenvalue weighted by Crippen LogP contribution is -2.22. The van der Waals surface area contributed by atoms with E-state index in [-0.39, 0.29) is 6.04 Å². The van der Waals surface area contributed by atoms with E-state index in [9.17, 15) is 0 Å². The summed E-state index contributed by atoms with van der Waals surface area (Å²) in [6.07, 6.45) is 6.69. The second-order valence-electron chi connectivity index (χ2n) is 4.43. The SMILES string of the molecule is CCCn1nccc1C(NC)c1ccncc1C. The van der Waals surface area contributed by atoms with Gasteiger partial charge in [0.25, 0.3) is 0 Å². The van der Waals surface area contributed by atoms with Crippen LogP contribution in [0.1, 0.15) is 36.2 Å². The molecule has 0 bridgehead atoms. The second kappa shape index (κ2) is 5.78. The van der Waals surface area contributed by atoms with Crippen LogP contribution in [-0.2, 0) is 6.54 Å². The molecule has 0 aliphatic carbocycles. The lowest BCUT2D eigenvalue weighted by atomic mass is 10.0. The number of nitrogens with zero attached hydrogens (tertiary/aromatic N) is 3. The van der Waals surface area contributed by atoms with Crippen molar-refractivity contribution in [2.75, 3.05) is 7.05 Å². The fourth-order valence-electron chi connectivity index (χ4n) is 2.26. The van der Waals surface area contributed by atoms with Gasteiger partial charge in [0.05, 0.1) is 11.7 Å². The van der Waals surface area contributed by atoms with Crippen LogP contribution in [0, 0.1) is 6.92 Å². The number of nitrogens with one attached hydrogen (secondary N) is 1. The predicted octanol–water partition coefficient (Wildman–Crippen LogP) is 2.31. The predicted molar refractivity (Wildman–Crippen MR) is 72.4 cm³/mol. The lowest BCUT2D eigenvalue weighted by molar-refractivity contribution is 0.533. The van der Waals surface area contributed by atoms with Gasteiger partial charge in [-0.05, 0) is 43.7 Å². The maximum Gasteiger partial charge on any atom is 0.0749 e. The maximum absolute atomic E-state index is 4.39. The van der Waals surface area contributed by atoms with E-state index in [1.54, 1.807) is 0 Å². The Labute approximate surface area is 108 Å². The van der Waals surface area contributed by atoms with Crippen molar-refractivity contribution in [2.24, 2.45) is 0 Å². The molecule has 96 valence electrons. The molecule has 0 amide bonds. The second-order valence-corrected chi connectivity index (χ2v) is 4.43. The molecule has 0 saturated heterocycles. The van der Waals surface area contributed by atoms with Gasteiger partial charge in [-0.2, -0.15) is 5.10 Å². The summed E-state index contributed by atoms with van der Waals surface area (Å²) in [4.78, 5) is 4.15. The van der Waals surface area contributed by atoms with Gasteiger partial charge in [-0.3, -0.25) is 9.67 Å². The summed E-state index contributed by atoms with van der Waals surface area (Å²) >= 11 is 0. The molecule has 1 unspecified atom stereocenters. The quantitative estimate of drug-likeness (QED) is 0.877. The zero-order valence-electron chi connectivity index (χ0n) is 11.2. The molecule has 1 atom stereocenters. The van der Waals surface area contributed by atoms with Crippen molar-refractivity contribution in [3.63, 3.8) is 0 Å². The van der Waals surface area contributed by atoms with E-state index in [2.05, 4.69) is 46.1 Å². The van der Waals surface area contributed by atoms with E-state index in [1.807, 2.05) is 25.6 Å². The minimum atomic E-state index is 0.169. The average Bonchev–Trinajstić information content (AvgIpc) is 2.82. The molecular formula is C14H20N4. The van der Waals surface area contributed by atoms with Gasteiger partial charge in [0.15, 0.2) is 0 Å². The van der Waals surface area contributed by atoms with Crippen LogP contribution in [0.25, 0.3) is 0 Å². The third-order valence-electron chi connectivity index (χ3n) is 3.14. The van der Waals surface area contributed by atoms with Crippen molar-refractivity contribution >= 4 is 0 Å². The highest BCUT2D eigenvalue weighted by atomic mass is 15.3. The third-order valence-corrected chi connectivity index (χ3v) is 3.14. The molecule has 2 aromatic rings. The van der Waals surface area contributed by atoms with Crippen LogP contribution in [0.4, 0.5) is 0 Å². The summed E-state index contributed by atoms with van der Waals surface area (Å²) in [6, 6.07) is 4.32. The number of hydrogen-bond acceptors (Lipinski definition) is 3. The molecule has 0 aliphatic heterocycles. The Morgan fingerprint density at radius 1 is 1.33 bits per heavy atom. The number of aromatic nitrogens is 3. The topological polar surface area (TPSA) is 42.7 Å². The molecule has 0 aromatic carbocycles. The summed E-state index contributed by atoms with van der Waals surface area (Å²) in [5.74, 6) is 0. The number of aryl methyl sites for hydroxylation is 2. The molecule has 4 nitrogen and oxygen atoms in total. The minimum absolute atomic E-state index is 0.169. The highest BCUT2D eigenvalue weighted by molar-refractivity contribution is 5.32. The molecule has 2 aromatic heterocycles. The smallest absolute Gasteiger partial charge is 0.0749 e. The molecule has 1 N–H and O–H groups in total. The Bertz CT molecular complexity index is 504. The van der Waals surface area contributed by atoms with Gasteiger partial charge in [-0.15, -0.1) is 0 Å². The Morgan fingerprint density at radius 3 is 2.83 bits per heavy atom. The highest BCUT2D eigenvalue weighted by Gasteiger charge is 2.17. The first-order valence-corrected chi connectivity index (χ1v) is 6.37. The summed E-state index contributed by atoms with van der Waals surface area (Å²) in [5, 5.41) is 7.76. The summed E-state index contributed by atoms with van der Waals surface area (Å²) in [5.41, 5.74) is 3.65. The number of hydrogen-bond donors (Lipinski definition) is 1. The van der Waals surface area contributed by atoms with Crippen molar-refractivity contribution in [2.45, 2.75) is 32.9 Å². The van der Waals surface area contributed by atoms with Crippen LogP contribution in [-0.4, -0.2) is 21.8 Å². The van der Waals surface area contributed by atoms with Gasteiger partial charge in [-0.25, -0.2) is 0 Å². The normalized spacial score (nSPS) is 12.6. The van der Waals surface area contributed by atoms with E-state index in [1.165, 1.54) is 16.8 Å². The monoisotopic (exact) mass is 244 g/mol. The van der Waals surface area contributed by atoms with E-state index in [0.29, 0.717) is 0 Å². The third kappa shape index (κ3) is 2.43. The zero-order valence-corrected chi connectivity index (χ0v) is 11.2. The standard InChI is InChI=1S/C14H20N4/c1-4-9-18-13(6-8-17-18)14(15-3)12-5-7-16-10-11(12)2/h5-8,10,14-15H,4,9H2,1-3H3. The van der Waals surface area contributed by atoms with Gasteiger partial charge in [0, 0.05) is 25.1 Å². The molecule has 0 fully saturated rings. The van der Waals surface area contributed by atoms with Gasteiger partial charge in [-0.1, -0.05) is 6.92 Å². The Kier molecular flexibility index (Phi) is 4.10. The minimum Gasteiger partial charge on any atom is -0.308 e. The van der Waals surface area contributed by atoms with E-state index in [0.717, 1.165) is 13.0 Å². The molecule has 0 radical (unpaired) electrons. The van der Waals surface area contributed by atoms with Crippen molar-refractivity contribution < 1.29 is 0 Å². The van der Waals surface area contributed by atoms with Crippen molar-refractivity contribution in [3.8, 4) is 0 Å². The van der Waals surface area contributed by atoms with Crippen molar-refractivity contribution in [1.82, 2.24) is 20.1 Å². The first kappa shape index (κ1) is 12.8. The van der Waals surface area contributed by atoms with Crippen molar-refractivity contribution in [1.29, 1.82) is 0 Å². The van der Waals surface area contributed by atoms with E-state index in [4.69, 9.17) is 0 Å². The van der Waals surface area contributed by atoms with Crippen molar-refractivity contribution in [3.05, 3.63) is 47.5 Å². The van der Waals surface area contributed by atoms with Crippen LogP contribution in [0.5, 0.6) is 0 Å². The van der Waals surface area contributed by atoms with Gasteiger partial charge < -0.3 is 5.32 Å². The van der Waals surface area contributed by atoms with Gasteiger partial charge in [0.1, 0.15) is 0 Å². The fraction of sp³-hybridized carbons (Fsp3) is 0.429. The first-order valence-electron chi connectivity index (χ1n) is 6.37. The highest BCUT2D eigenvalue weighted by Crippen LogP contribution is 2.23.